The largest absolute Gasteiger partial charge is 0.306 e. The number of nitrogens with zero attached hydrogens (tertiary/aromatic N) is 3. The number of hydrogen-bond acceptors (Lipinski definition) is 5. The van der Waals surface area contributed by atoms with Gasteiger partial charge in [-0.1, -0.05) is 25.3 Å². The molecule has 0 aliphatic heterocycles. The third-order valence-electron chi connectivity index (χ3n) is 2.37. The van der Waals surface area contributed by atoms with Crippen LogP contribution in [0.1, 0.15) is 36.1 Å². The summed E-state index contributed by atoms with van der Waals surface area (Å²) in [6, 6.07) is 3.55. The molecule has 1 amide bonds. The Hall–Kier alpha value is -1.34. The quantitative estimate of drug-likeness (QED) is 0.911. The number of halogens is 1. The maximum atomic E-state index is 12.2. The van der Waals surface area contributed by atoms with Gasteiger partial charge < -0.3 is 5.32 Å². The van der Waals surface area contributed by atoms with Gasteiger partial charge >= 0.3 is 0 Å². The summed E-state index contributed by atoms with van der Waals surface area (Å²) in [6.07, 6.45) is 1.63. The lowest BCUT2D eigenvalue weighted by atomic mass is 9.91. The van der Waals surface area contributed by atoms with Crippen molar-refractivity contribution in [3.8, 4) is 0 Å². The highest BCUT2D eigenvalue weighted by Gasteiger charge is 2.26. The van der Waals surface area contributed by atoms with Crippen molar-refractivity contribution in [3.63, 3.8) is 0 Å². The highest BCUT2D eigenvalue weighted by atomic mass is 79.9. The average molecular weight is 341 g/mol. The van der Waals surface area contributed by atoms with Crippen LogP contribution in [0.2, 0.25) is 0 Å². The fraction of sp³-hybridized carbons (Fsp3) is 0.333. The van der Waals surface area contributed by atoms with Crippen molar-refractivity contribution in [3.05, 3.63) is 33.4 Å². The van der Waals surface area contributed by atoms with Gasteiger partial charge in [0.15, 0.2) is 0 Å². The van der Waals surface area contributed by atoms with E-state index in [9.17, 15) is 4.79 Å². The molecule has 2 aromatic heterocycles. The first-order valence-corrected chi connectivity index (χ1v) is 7.20. The standard InChI is InChI=1S/C12H13BrN4OS/c1-12(2,3)10-9(19-17-16-10)11(18)15-8-5-4-7(13)6-14-8/h4-6H,1-3H3,(H,14,15,18). The van der Waals surface area contributed by atoms with E-state index in [0.29, 0.717) is 16.4 Å². The van der Waals surface area contributed by atoms with Crippen molar-refractivity contribution in [2.75, 3.05) is 5.32 Å². The Morgan fingerprint density at radius 2 is 2.11 bits per heavy atom. The van der Waals surface area contributed by atoms with Gasteiger partial charge in [0.2, 0.25) is 0 Å². The number of anilines is 1. The molecule has 0 aromatic carbocycles. The molecule has 0 atom stereocenters. The average Bonchev–Trinajstić information content (AvgIpc) is 2.81. The van der Waals surface area contributed by atoms with Crippen LogP contribution in [-0.2, 0) is 5.41 Å². The minimum atomic E-state index is -0.227. The Bertz CT molecular complexity index is 589. The summed E-state index contributed by atoms with van der Waals surface area (Å²) in [5, 5.41) is 6.79. The molecule has 2 heterocycles. The summed E-state index contributed by atoms with van der Waals surface area (Å²) in [7, 11) is 0. The lowest BCUT2D eigenvalue weighted by molar-refractivity contribution is 0.102. The summed E-state index contributed by atoms with van der Waals surface area (Å²) >= 11 is 4.39. The number of carbonyl (C=O) groups excluding carboxylic acids is 1. The Kier molecular flexibility index (Phi) is 3.96. The van der Waals surface area contributed by atoms with Crippen molar-refractivity contribution in [1.29, 1.82) is 0 Å². The molecule has 0 bridgehead atoms. The van der Waals surface area contributed by atoms with Crippen LogP contribution in [0.5, 0.6) is 0 Å². The van der Waals surface area contributed by atoms with Crippen LogP contribution in [-0.4, -0.2) is 20.5 Å². The number of rotatable bonds is 2. The van der Waals surface area contributed by atoms with E-state index in [0.717, 1.165) is 16.0 Å². The minimum Gasteiger partial charge on any atom is -0.306 e. The van der Waals surface area contributed by atoms with E-state index in [-0.39, 0.29) is 11.3 Å². The molecule has 0 saturated carbocycles. The zero-order chi connectivity index (χ0) is 14.0. The van der Waals surface area contributed by atoms with Crippen molar-refractivity contribution in [2.45, 2.75) is 26.2 Å². The van der Waals surface area contributed by atoms with E-state index in [2.05, 4.69) is 35.8 Å². The van der Waals surface area contributed by atoms with Crippen molar-refractivity contribution >= 4 is 39.2 Å². The predicted molar refractivity (Wildman–Crippen MR) is 78.5 cm³/mol. The molecule has 0 radical (unpaired) electrons. The van der Waals surface area contributed by atoms with E-state index in [1.165, 1.54) is 0 Å². The summed E-state index contributed by atoms with van der Waals surface area (Å²) in [4.78, 5) is 16.8. The molecule has 2 aromatic rings. The number of amides is 1. The summed E-state index contributed by atoms with van der Waals surface area (Å²) in [5.74, 6) is 0.274. The molecule has 19 heavy (non-hydrogen) atoms. The maximum Gasteiger partial charge on any atom is 0.270 e. The molecule has 0 saturated heterocycles. The fourth-order valence-electron chi connectivity index (χ4n) is 1.45. The first kappa shape index (κ1) is 14.1. The summed E-state index contributed by atoms with van der Waals surface area (Å²) in [6.45, 7) is 6.00. The first-order valence-electron chi connectivity index (χ1n) is 5.63. The Morgan fingerprint density at radius 3 is 2.68 bits per heavy atom. The zero-order valence-corrected chi connectivity index (χ0v) is 13.2. The van der Waals surface area contributed by atoms with Crippen LogP contribution >= 0.6 is 27.5 Å². The minimum absolute atomic E-state index is 0.215. The molecule has 100 valence electrons. The lowest BCUT2D eigenvalue weighted by Crippen LogP contribution is -2.20. The van der Waals surface area contributed by atoms with Gasteiger partial charge in [0.1, 0.15) is 10.7 Å². The Balaban J connectivity index is 2.21. The van der Waals surface area contributed by atoms with Gasteiger partial charge in [-0.15, -0.1) is 5.10 Å². The second-order valence-corrected chi connectivity index (χ2v) is 6.69. The summed E-state index contributed by atoms with van der Waals surface area (Å²) < 4.78 is 4.73. The molecular weight excluding hydrogens is 328 g/mol. The fourth-order valence-corrected chi connectivity index (χ4v) is 2.46. The third kappa shape index (κ3) is 3.36. The molecule has 0 fully saturated rings. The number of hydrogen-bond donors (Lipinski definition) is 1. The lowest BCUT2D eigenvalue weighted by Gasteiger charge is -2.16. The number of carbonyl (C=O) groups is 1. The topological polar surface area (TPSA) is 67.8 Å². The predicted octanol–water partition coefficient (Wildman–Crippen LogP) is 3.25. The van der Waals surface area contributed by atoms with E-state index >= 15 is 0 Å². The van der Waals surface area contributed by atoms with Crippen LogP contribution in [0.15, 0.2) is 22.8 Å². The molecule has 0 unspecified atom stereocenters. The van der Waals surface area contributed by atoms with E-state index in [1.807, 2.05) is 26.8 Å². The molecule has 0 aliphatic carbocycles. The normalized spacial score (nSPS) is 11.4. The Morgan fingerprint density at radius 1 is 1.37 bits per heavy atom. The van der Waals surface area contributed by atoms with E-state index in [1.54, 1.807) is 12.3 Å². The van der Waals surface area contributed by atoms with E-state index < -0.39 is 0 Å². The molecule has 0 aliphatic rings. The van der Waals surface area contributed by atoms with Crippen molar-refractivity contribution in [1.82, 2.24) is 14.6 Å². The molecule has 5 nitrogen and oxygen atoms in total. The van der Waals surface area contributed by atoms with Crippen LogP contribution < -0.4 is 5.32 Å². The zero-order valence-electron chi connectivity index (χ0n) is 10.8. The molecule has 7 heteroatoms. The number of aromatic nitrogens is 3. The smallest absolute Gasteiger partial charge is 0.270 e. The first-order chi connectivity index (χ1) is 8.88. The third-order valence-corrected chi connectivity index (χ3v) is 3.57. The van der Waals surface area contributed by atoms with E-state index in [4.69, 9.17) is 0 Å². The SMILES string of the molecule is CC(C)(C)c1nnsc1C(=O)Nc1ccc(Br)cn1. The number of pyridine rings is 1. The molecule has 1 N–H and O–H groups in total. The van der Waals surface area contributed by atoms with Gasteiger partial charge in [-0.05, 0) is 39.6 Å². The Labute approximate surface area is 123 Å². The van der Waals surface area contributed by atoms with Gasteiger partial charge in [-0.25, -0.2) is 4.98 Å². The van der Waals surface area contributed by atoms with Crippen LogP contribution in [0.4, 0.5) is 5.82 Å². The van der Waals surface area contributed by atoms with Crippen molar-refractivity contribution in [2.24, 2.45) is 0 Å². The van der Waals surface area contributed by atoms with Crippen molar-refractivity contribution < 1.29 is 4.79 Å². The maximum absolute atomic E-state index is 12.2. The number of nitrogens with one attached hydrogen (secondary N) is 1. The summed E-state index contributed by atoms with van der Waals surface area (Å²) in [5.41, 5.74) is 0.486. The molecular formula is C12H13BrN4OS. The van der Waals surface area contributed by atoms with Gasteiger partial charge in [-0.3, -0.25) is 4.79 Å². The van der Waals surface area contributed by atoms with Crippen LogP contribution in [0, 0.1) is 0 Å². The monoisotopic (exact) mass is 340 g/mol. The van der Waals surface area contributed by atoms with Gasteiger partial charge in [-0.2, -0.15) is 0 Å². The molecule has 0 spiro atoms. The van der Waals surface area contributed by atoms with Crippen LogP contribution in [0.3, 0.4) is 0 Å². The highest BCUT2D eigenvalue weighted by Crippen LogP contribution is 2.26. The van der Waals surface area contributed by atoms with Gasteiger partial charge in [0, 0.05) is 16.1 Å². The second kappa shape index (κ2) is 5.34. The molecule has 2 rings (SSSR count). The highest BCUT2D eigenvalue weighted by molar-refractivity contribution is 9.10. The van der Waals surface area contributed by atoms with Gasteiger partial charge in [0.05, 0.1) is 5.69 Å². The second-order valence-electron chi connectivity index (χ2n) is 5.02. The van der Waals surface area contributed by atoms with Crippen LogP contribution in [0.25, 0.3) is 0 Å². The van der Waals surface area contributed by atoms with Gasteiger partial charge in [0.25, 0.3) is 5.91 Å².